The first-order valence-electron chi connectivity index (χ1n) is 12.1. The van der Waals surface area contributed by atoms with Crippen LogP contribution < -0.4 is 14.4 Å². The molecule has 0 spiro atoms. The van der Waals surface area contributed by atoms with Gasteiger partial charge in [0.15, 0.2) is 0 Å². The van der Waals surface area contributed by atoms with E-state index in [9.17, 15) is 4.79 Å². The van der Waals surface area contributed by atoms with Crippen molar-refractivity contribution in [1.82, 2.24) is 9.97 Å². The minimum absolute atomic E-state index is 0.122. The standard InChI is InChI=1S/C28H35N3O4/c1-5-23(27(32)35-6-2)11-12-24-17-18-29-28(30-24)31(19-21-7-13-25(33-3)14-8-21)20-22-9-15-26(34-4)16-10-22/h7-10,13-18,23H,5-6,11-12,19-20H2,1-4H3. The molecular formula is C28H35N3O4. The Balaban J connectivity index is 1.80. The molecule has 35 heavy (non-hydrogen) atoms. The van der Waals surface area contributed by atoms with Gasteiger partial charge in [-0.15, -0.1) is 0 Å². The number of methoxy groups -OCH3 is 2. The Bertz CT molecular complexity index is 1010. The first kappa shape index (κ1) is 26.0. The molecule has 3 aromatic rings. The number of carbonyl (C=O) groups excluding carboxylic acids is 1. The number of carbonyl (C=O) groups is 1. The molecular weight excluding hydrogens is 442 g/mol. The topological polar surface area (TPSA) is 73.8 Å². The molecule has 0 saturated carbocycles. The summed E-state index contributed by atoms with van der Waals surface area (Å²) in [5, 5.41) is 0. The summed E-state index contributed by atoms with van der Waals surface area (Å²) >= 11 is 0. The number of ether oxygens (including phenoxy) is 3. The Hall–Kier alpha value is -3.61. The van der Waals surface area contributed by atoms with Gasteiger partial charge in [0.05, 0.1) is 26.7 Å². The monoisotopic (exact) mass is 477 g/mol. The molecule has 2 aromatic carbocycles. The normalized spacial score (nSPS) is 11.5. The highest BCUT2D eigenvalue weighted by molar-refractivity contribution is 5.72. The van der Waals surface area contributed by atoms with E-state index in [4.69, 9.17) is 19.2 Å². The summed E-state index contributed by atoms with van der Waals surface area (Å²) in [5.41, 5.74) is 3.16. The lowest BCUT2D eigenvalue weighted by Crippen LogP contribution is -2.24. The van der Waals surface area contributed by atoms with E-state index in [2.05, 4.69) is 34.1 Å². The highest BCUT2D eigenvalue weighted by Crippen LogP contribution is 2.21. The maximum atomic E-state index is 12.2. The van der Waals surface area contributed by atoms with Crippen molar-refractivity contribution in [1.29, 1.82) is 0 Å². The second kappa shape index (κ2) is 13.3. The van der Waals surface area contributed by atoms with E-state index in [1.54, 1.807) is 20.4 Å². The maximum absolute atomic E-state index is 12.2. The number of benzene rings is 2. The first-order valence-corrected chi connectivity index (χ1v) is 12.1. The van der Waals surface area contributed by atoms with Crippen LogP contribution in [0.4, 0.5) is 5.95 Å². The number of hydrogen-bond donors (Lipinski definition) is 0. The van der Waals surface area contributed by atoms with Crippen molar-refractivity contribution in [3.8, 4) is 11.5 Å². The summed E-state index contributed by atoms with van der Waals surface area (Å²) in [5.74, 6) is 2.04. The van der Waals surface area contributed by atoms with Gasteiger partial charge in [-0.05, 0) is 67.6 Å². The van der Waals surface area contributed by atoms with E-state index < -0.39 is 0 Å². The van der Waals surface area contributed by atoms with Gasteiger partial charge in [0.25, 0.3) is 0 Å². The summed E-state index contributed by atoms with van der Waals surface area (Å²) in [6.07, 6.45) is 3.92. The third kappa shape index (κ3) is 7.70. The smallest absolute Gasteiger partial charge is 0.308 e. The zero-order valence-electron chi connectivity index (χ0n) is 21.1. The number of nitrogens with zero attached hydrogens (tertiary/aromatic N) is 3. The Morgan fingerprint density at radius 3 is 1.94 bits per heavy atom. The fraction of sp³-hybridized carbons (Fsp3) is 0.393. The molecule has 7 heteroatoms. The van der Waals surface area contributed by atoms with Gasteiger partial charge < -0.3 is 19.1 Å². The number of aromatic nitrogens is 2. The molecule has 0 fully saturated rings. The van der Waals surface area contributed by atoms with Crippen LogP contribution in [0, 0.1) is 5.92 Å². The van der Waals surface area contributed by atoms with Crippen molar-refractivity contribution in [2.45, 2.75) is 46.2 Å². The lowest BCUT2D eigenvalue weighted by molar-refractivity contribution is -0.148. The van der Waals surface area contributed by atoms with Gasteiger partial charge in [0, 0.05) is 25.0 Å². The molecule has 0 bridgehead atoms. The predicted octanol–water partition coefficient (Wildman–Crippen LogP) is 5.22. The van der Waals surface area contributed by atoms with E-state index in [-0.39, 0.29) is 11.9 Å². The van der Waals surface area contributed by atoms with Crippen LogP contribution in [0.2, 0.25) is 0 Å². The molecule has 186 valence electrons. The van der Waals surface area contributed by atoms with Crippen LogP contribution in [0.3, 0.4) is 0 Å². The molecule has 1 unspecified atom stereocenters. The van der Waals surface area contributed by atoms with Crippen molar-refractivity contribution in [2.75, 3.05) is 25.7 Å². The van der Waals surface area contributed by atoms with Gasteiger partial charge in [0.1, 0.15) is 11.5 Å². The summed E-state index contributed by atoms with van der Waals surface area (Å²) in [6, 6.07) is 17.9. The Morgan fingerprint density at radius 2 is 1.46 bits per heavy atom. The van der Waals surface area contributed by atoms with E-state index in [0.717, 1.165) is 34.7 Å². The summed E-state index contributed by atoms with van der Waals surface area (Å²) in [7, 11) is 3.32. The lowest BCUT2D eigenvalue weighted by Gasteiger charge is -2.24. The van der Waals surface area contributed by atoms with Crippen LogP contribution in [0.1, 0.15) is 43.5 Å². The van der Waals surface area contributed by atoms with E-state index in [1.165, 1.54) is 0 Å². The fourth-order valence-corrected chi connectivity index (χ4v) is 3.85. The molecule has 0 aliphatic heterocycles. The van der Waals surface area contributed by atoms with E-state index >= 15 is 0 Å². The molecule has 1 aromatic heterocycles. The summed E-state index contributed by atoms with van der Waals surface area (Å²) in [4.78, 5) is 23.8. The van der Waals surface area contributed by atoms with Gasteiger partial charge in [-0.2, -0.15) is 0 Å². The van der Waals surface area contributed by atoms with Gasteiger partial charge in [-0.3, -0.25) is 4.79 Å². The third-order valence-corrected chi connectivity index (χ3v) is 5.91. The van der Waals surface area contributed by atoms with Crippen molar-refractivity contribution in [2.24, 2.45) is 5.92 Å². The Labute approximate surface area is 208 Å². The first-order chi connectivity index (χ1) is 17.1. The maximum Gasteiger partial charge on any atom is 0.308 e. The molecule has 1 heterocycles. The van der Waals surface area contributed by atoms with Gasteiger partial charge in [0.2, 0.25) is 5.95 Å². The molecule has 1 atom stereocenters. The zero-order chi connectivity index (χ0) is 25.0. The molecule has 3 rings (SSSR count). The molecule has 0 N–H and O–H groups in total. The fourth-order valence-electron chi connectivity index (χ4n) is 3.85. The van der Waals surface area contributed by atoms with Crippen molar-refractivity contribution in [3.63, 3.8) is 0 Å². The molecule has 0 saturated heterocycles. The quantitative estimate of drug-likeness (QED) is 0.312. The SMILES string of the molecule is CCOC(=O)C(CC)CCc1ccnc(N(Cc2ccc(OC)cc2)Cc2ccc(OC)cc2)n1. The summed E-state index contributed by atoms with van der Waals surface area (Å²) < 4.78 is 15.8. The van der Waals surface area contributed by atoms with Crippen LogP contribution in [0.5, 0.6) is 11.5 Å². The number of hydrogen-bond acceptors (Lipinski definition) is 7. The van der Waals surface area contributed by atoms with Gasteiger partial charge >= 0.3 is 5.97 Å². The zero-order valence-corrected chi connectivity index (χ0v) is 21.1. The largest absolute Gasteiger partial charge is 0.497 e. The predicted molar refractivity (Wildman–Crippen MR) is 137 cm³/mol. The van der Waals surface area contributed by atoms with Crippen molar-refractivity contribution < 1.29 is 19.0 Å². The average molecular weight is 478 g/mol. The minimum atomic E-state index is -0.134. The summed E-state index contributed by atoms with van der Waals surface area (Å²) in [6.45, 7) is 5.53. The average Bonchev–Trinajstić information content (AvgIpc) is 2.90. The van der Waals surface area contributed by atoms with Crippen LogP contribution in [0.15, 0.2) is 60.8 Å². The van der Waals surface area contributed by atoms with Crippen LogP contribution in [-0.2, 0) is 29.0 Å². The second-order valence-corrected chi connectivity index (χ2v) is 8.30. The third-order valence-electron chi connectivity index (χ3n) is 5.91. The number of anilines is 1. The number of aryl methyl sites for hydroxylation is 1. The highest BCUT2D eigenvalue weighted by atomic mass is 16.5. The van der Waals surface area contributed by atoms with Crippen LogP contribution in [-0.4, -0.2) is 36.8 Å². The number of rotatable bonds is 13. The van der Waals surface area contributed by atoms with Crippen LogP contribution in [0.25, 0.3) is 0 Å². The minimum Gasteiger partial charge on any atom is -0.497 e. The molecule has 0 aliphatic rings. The Morgan fingerprint density at radius 1 is 0.886 bits per heavy atom. The molecule has 0 aliphatic carbocycles. The van der Waals surface area contributed by atoms with Gasteiger partial charge in [-0.1, -0.05) is 31.2 Å². The second-order valence-electron chi connectivity index (χ2n) is 8.30. The molecule has 7 nitrogen and oxygen atoms in total. The van der Waals surface area contributed by atoms with E-state index in [0.29, 0.717) is 38.5 Å². The molecule has 0 radical (unpaired) electrons. The molecule has 0 amide bonds. The number of esters is 1. The highest BCUT2D eigenvalue weighted by Gasteiger charge is 2.18. The lowest BCUT2D eigenvalue weighted by atomic mass is 9.99. The van der Waals surface area contributed by atoms with Gasteiger partial charge in [-0.25, -0.2) is 9.97 Å². The van der Waals surface area contributed by atoms with E-state index in [1.807, 2.05) is 44.2 Å². The van der Waals surface area contributed by atoms with Crippen LogP contribution >= 0.6 is 0 Å². The van der Waals surface area contributed by atoms with Crippen molar-refractivity contribution in [3.05, 3.63) is 77.6 Å². The van der Waals surface area contributed by atoms with Crippen molar-refractivity contribution >= 4 is 11.9 Å². The Kier molecular flexibility index (Phi) is 9.90.